The normalized spacial score (nSPS) is 10.7. The summed E-state index contributed by atoms with van der Waals surface area (Å²) in [6.07, 6.45) is 2.18. The van der Waals surface area contributed by atoms with Gasteiger partial charge in [0.2, 0.25) is 0 Å². The lowest BCUT2D eigenvalue weighted by molar-refractivity contribution is 0.0981. The molecule has 8 heteroatoms. The van der Waals surface area contributed by atoms with Gasteiger partial charge >= 0.3 is 5.69 Å². The average molecular weight is 359 g/mol. The van der Waals surface area contributed by atoms with Gasteiger partial charge in [-0.1, -0.05) is 26.3 Å². The van der Waals surface area contributed by atoms with E-state index in [1.54, 1.807) is 25.1 Å². The number of aromatic amines is 1. The Morgan fingerprint density at radius 1 is 1.27 bits per heavy atom. The Kier molecular flexibility index (Phi) is 6.32. The molecule has 2 rings (SSSR count). The molecule has 0 atom stereocenters. The van der Waals surface area contributed by atoms with Gasteiger partial charge in [-0.3, -0.25) is 24.0 Å². The Balaban J connectivity index is 2.60. The Morgan fingerprint density at radius 2 is 2.00 bits per heavy atom. The number of aromatic nitrogens is 3. The van der Waals surface area contributed by atoms with Gasteiger partial charge in [0.15, 0.2) is 5.69 Å². The lowest BCUT2D eigenvalue weighted by Gasteiger charge is -2.24. The highest BCUT2D eigenvalue weighted by atomic mass is 16.2. The Bertz CT molecular complexity index is 900. The molecule has 0 radical (unpaired) electrons. The first-order valence-corrected chi connectivity index (χ1v) is 8.78. The summed E-state index contributed by atoms with van der Waals surface area (Å²) < 4.78 is 1.28. The van der Waals surface area contributed by atoms with E-state index in [0.29, 0.717) is 31.6 Å². The molecule has 3 N–H and O–H groups in total. The minimum absolute atomic E-state index is 0.000180. The van der Waals surface area contributed by atoms with Gasteiger partial charge in [-0.2, -0.15) is 0 Å². The molecule has 0 saturated heterocycles. The van der Waals surface area contributed by atoms with E-state index < -0.39 is 17.2 Å². The summed E-state index contributed by atoms with van der Waals surface area (Å²) >= 11 is 0. The number of nitrogen functional groups attached to an aromatic ring is 1. The van der Waals surface area contributed by atoms with Crippen LogP contribution in [0.2, 0.25) is 0 Å². The molecule has 140 valence electrons. The molecule has 0 aromatic carbocycles. The molecule has 0 saturated carbocycles. The van der Waals surface area contributed by atoms with Crippen molar-refractivity contribution in [1.29, 1.82) is 0 Å². The number of nitrogens with two attached hydrogens (primary N) is 1. The van der Waals surface area contributed by atoms with E-state index in [9.17, 15) is 14.4 Å². The van der Waals surface area contributed by atoms with Gasteiger partial charge in [-0.05, 0) is 31.9 Å². The number of rotatable bonds is 7. The number of amides is 1. The molecule has 0 aliphatic heterocycles. The van der Waals surface area contributed by atoms with Gasteiger partial charge in [0.1, 0.15) is 11.5 Å². The molecule has 0 aliphatic rings. The third-order valence-electron chi connectivity index (χ3n) is 4.02. The van der Waals surface area contributed by atoms with Crippen LogP contribution in [0, 0.1) is 6.92 Å². The highest BCUT2D eigenvalue weighted by molar-refractivity contribution is 6.06. The second-order valence-electron chi connectivity index (χ2n) is 6.12. The molecule has 0 fully saturated rings. The third-order valence-corrected chi connectivity index (χ3v) is 4.02. The van der Waals surface area contributed by atoms with E-state index in [1.807, 2.05) is 13.8 Å². The summed E-state index contributed by atoms with van der Waals surface area (Å²) in [4.78, 5) is 45.4. The number of H-pyrrole nitrogens is 1. The van der Waals surface area contributed by atoms with Crippen molar-refractivity contribution < 1.29 is 4.79 Å². The highest BCUT2D eigenvalue weighted by Gasteiger charge is 2.25. The van der Waals surface area contributed by atoms with Crippen LogP contribution in [0.3, 0.4) is 0 Å². The van der Waals surface area contributed by atoms with Crippen LogP contribution in [-0.4, -0.2) is 27.0 Å². The highest BCUT2D eigenvalue weighted by Crippen LogP contribution is 2.20. The lowest BCUT2D eigenvalue weighted by Crippen LogP contribution is -2.42. The maximum absolute atomic E-state index is 13.0. The first-order chi connectivity index (χ1) is 12.4. The number of hydrogen-bond acceptors (Lipinski definition) is 5. The average Bonchev–Trinajstić information content (AvgIpc) is 2.60. The number of hydrogen-bond donors (Lipinski definition) is 2. The maximum Gasteiger partial charge on any atom is 0.330 e. The van der Waals surface area contributed by atoms with E-state index >= 15 is 0 Å². The summed E-state index contributed by atoms with van der Waals surface area (Å²) in [7, 11) is 0. The predicted molar refractivity (Wildman–Crippen MR) is 102 cm³/mol. The van der Waals surface area contributed by atoms with E-state index in [1.165, 1.54) is 9.47 Å². The van der Waals surface area contributed by atoms with Crippen molar-refractivity contribution >= 4 is 17.4 Å². The Labute approximate surface area is 151 Å². The summed E-state index contributed by atoms with van der Waals surface area (Å²) in [6, 6.07) is 5.12. The zero-order valence-corrected chi connectivity index (χ0v) is 15.4. The molecule has 2 aromatic heterocycles. The van der Waals surface area contributed by atoms with Crippen LogP contribution in [0.1, 0.15) is 49.3 Å². The van der Waals surface area contributed by atoms with Crippen LogP contribution >= 0.6 is 0 Å². The summed E-state index contributed by atoms with van der Waals surface area (Å²) in [5, 5.41) is 0. The van der Waals surface area contributed by atoms with Gasteiger partial charge < -0.3 is 5.73 Å². The van der Waals surface area contributed by atoms with Crippen molar-refractivity contribution in [3.8, 4) is 0 Å². The number of anilines is 2. The van der Waals surface area contributed by atoms with Gasteiger partial charge in [0, 0.05) is 18.8 Å². The van der Waals surface area contributed by atoms with Gasteiger partial charge in [-0.15, -0.1) is 0 Å². The topological polar surface area (TPSA) is 114 Å². The molecule has 2 heterocycles. The number of unbranched alkanes of at least 4 members (excludes halogenated alkanes) is 1. The van der Waals surface area contributed by atoms with Crippen LogP contribution in [0.5, 0.6) is 0 Å². The molecule has 0 aliphatic carbocycles. The monoisotopic (exact) mass is 359 g/mol. The second kappa shape index (κ2) is 8.46. The van der Waals surface area contributed by atoms with Gasteiger partial charge in [0.25, 0.3) is 11.5 Å². The molecule has 0 bridgehead atoms. The fourth-order valence-electron chi connectivity index (χ4n) is 2.72. The maximum atomic E-state index is 13.0. The van der Waals surface area contributed by atoms with Crippen LogP contribution in [-0.2, 0) is 6.54 Å². The molecule has 0 unspecified atom stereocenters. The largest absolute Gasteiger partial charge is 0.383 e. The summed E-state index contributed by atoms with van der Waals surface area (Å²) in [5.41, 5.74) is 5.80. The molecule has 1 amide bonds. The third kappa shape index (κ3) is 4.01. The lowest BCUT2D eigenvalue weighted by atomic mass is 10.2. The van der Waals surface area contributed by atoms with Crippen molar-refractivity contribution in [3.63, 3.8) is 0 Å². The molecule has 26 heavy (non-hydrogen) atoms. The summed E-state index contributed by atoms with van der Waals surface area (Å²) in [6.45, 7) is 6.33. The van der Waals surface area contributed by atoms with Crippen molar-refractivity contribution in [2.45, 2.75) is 46.6 Å². The zero-order chi connectivity index (χ0) is 19.3. The number of nitrogens with zero attached hydrogens (tertiary/aromatic N) is 3. The van der Waals surface area contributed by atoms with E-state index in [0.717, 1.165) is 6.42 Å². The molecule has 0 spiro atoms. The number of carbonyl (C=O) groups excluding carboxylic acids is 1. The zero-order valence-electron chi connectivity index (χ0n) is 15.4. The predicted octanol–water partition coefficient (Wildman–Crippen LogP) is 1.68. The molecule has 2 aromatic rings. The number of aryl methyl sites for hydroxylation is 1. The molecular formula is C18H25N5O3. The second-order valence-corrected chi connectivity index (χ2v) is 6.12. The van der Waals surface area contributed by atoms with E-state index in [2.05, 4.69) is 9.97 Å². The van der Waals surface area contributed by atoms with E-state index in [4.69, 9.17) is 5.73 Å². The Morgan fingerprint density at radius 3 is 2.62 bits per heavy atom. The minimum atomic E-state index is -0.669. The standard InChI is InChI=1S/C18H25N5O3/c1-4-6-11-22(17(25)13-9-7-8-12(3)20-13)14-15(19)23(10-5-2)18(26)21-16(14)24/h7-9H,4-6,10-11,19H2,1-3H3,(H,21,24,26). The van der Waals surface area contributed by atoms with Crippen molar-refractivity contribution in [3.05, 3.63) is 50.4 Å². The van der Waals surface area contributed by atoms with Gasteiger partial charge in [0.05, 0.1) is 0 Å². The van der Waals surface area contributed by atoms with Crippen LogP contribution in [0.15, 0.2) is 27.8 Å². The number of nitrogens with one attached hydrogen (secondary N) is 1. The quantitative estimate of drug-likeness (QED) is 0.780. The molecular weight excluding hydrogens is 334 g/mol. The van der Waals surface area contributed by atoms with Crippen molar-refractivity contribution in [1.82, 2.24) is 14.5 Å². The van der Waals surface area contributed by atoms with Crippen molar-refractivity contribution in [2.24, 2.45) is 0 Å². The summed E-state index contributed by atoms with van der Waals surface area (Å²) in [5.74, 6) is -0.418. The minimum Gasteiger partial charge on any atom is -0.383 e. The number of pyridine rings is 1. The first kappa shape index (κ1) is 19.4. The Hall–Kier alpha value is -2.90. The van der Waals surface area contributed by atoms with Crippen LogP contribution in [0.25, 0.3) is 0 Å². The SMILES string of the molecule is CCCCN(C(=O)c1cccc(C)n1)c1c(N)n(CCC)c(=O)[nH]c1=O. The van der Waals surface area contributed by atoms with Crippen LogP contribution in [0.4, 0.5) is 11.5 Å². The first-order valence-electron chi connectivity index (χ1n) is 8.78. The number of carbonyl (C=O) groups is 1. The fraction of sp³-hybridized carbons (Fsp3) is 0.444. The van der Waals surface area contributed by atoms with Gasteiger partial charge in [-0.25, -0.2) is 9.78 Å². The van der Waals surface area contributed by atoms with E-state index in [-0.39, 0.29) is 17.2 Å². The van der Waals surface area contributed by atoms with Crippen molar-refractivity contribution in [2.75, 3.05) is 17.2 Å². The molecule has 8 nitrogen and oxygen atoms in total. The smallest absolute Gasteiger partial charge is 0.330 e. The fourth-order valence-corrected chi connectivity index (χ4v) is 2.72. The van der Waals surface area contributed by atoms with Crippen LogP contribution < -0.4 is 21.9 Å².